The summed E-state index contributed by atoms with van der Waals surface area (Å²) in [5.74, 6) is -0.788. The normalized spacial score (nSPS) is 12.4. The van der Waals surface area contributed by atoms with Crippen molar-refractivity contribution < 1.29 is 17.9 Å². The molecule has 1 aromatic rings. The van der Waals surface area contributed by atoms with Crippen LogP contribution in [-0.2, 0) is 20.2 Å². The number of hydrogen-bond acceptors (Lipinski definition) is 5. The van der Waals surface area contributed by atoms with Crippen LogP contribution in [-0.4, -0.2) is 31.2 Å². The highest BCUT2D eigenvalue weighted by atomic mass is 35.7. The molecule has 114 valence electrons. The van der Waals surface area contributed by atoms with Crippen molar-refractivity contribution in [2.24, 2.45) is 5.41 Å². The van der Waals surface area contributed by atoms with Crippen LogP contribution in [0.3, 0.4) is 0 Å². The fraction of sp³-hybridized carbons (Fsp3) is 0.667. The van der Waals surface area contributed by atoms with Crippen LogP contribution in [0, 0.1) is 5.41 Å². The van der Waals surface area contributed by atoms with Gasteiger partial charge in [-0.05, 0) is 18.3 Å². The molecule has 0 fully saturated rings. The predicted octanol–water partition coefficient (Wildman–Crippen LogP) is 2.49. The van der Waals surface area contributed by atoms with Crippen LogP contribution in [0.1, 0.15) is 50.3 Å². The first-order valence-electron chi connectivity index (χ1n) is 6.25. The molecule has 0 unspecified atom stereocenters. The number of halogens is 1. The highest BCUT2D eigenvalue weighted by Crippen LogP contribution is 2.24. The molecule has 0 aromatic carbocycles. The summed E-state index contributed by atoms with van der Waals surface area (Å²) in [5.41, 5.74) is 0.0236. The summed E-state index contributed by atoms with van der Waals surface area (Å²) in [4.78, 5) is 11.6. The van der Waals surface area contributed by atoms with Gasteiger partial charge in [0.15, 0.2) is 5.69 Å². The molecule has 0 saturated heterocycles. The molecule has 0 spiro atoms. The van der Waals surface area contributed by atoms with E-state index in [1.807, 2.05) is 20.8 Å². The summed E-state index contributed by atoms with van der Waals surface area (Å²) < 4.78 is 28.1. The number of rotatable bonds is 5. The van der Waals surface area contributed by atoms with Crippen LogP contribution in [0.5, 0.6) is 0 Å². The highest BCUT2D eigenvalue weighted by molar-refractivity contribution is 8.13. The third kappa shape index (κ3) is 4.49. The van der Waals surface area contributed by atoms with Crippen LogP contribution >= 0.6 is 10.7 Å². The standard InChI is InChI=1S/C12H19ClN2O4S/c1-5-8-10(20(13,17)18)9(15-14-8)11(16)19-7-6-12(2,3)4/h5-7H2,1-4H3,(H,14,15). The molecule has 1 rings (SSSR count). The van der Waals surface area contributed by atoms with Crippen molar-refractivity contribution in [2.45, 2.75) is 45.4 Å². The van der Waals surface area contributed by atoms with Crippen LogP contribution in [0.25, 0.3) is 0 Å². The first-order valence-corrected chi connectivity index (χ1v) is 8.56. The Morgan fingerprint density at radius 1 is 1.40 bits per heavy atom. The SMILES string of the molecule is CCc1[nH]nc(C(=O)OCCC(C)(C)C)c1S(=O)(=O)Cl. The Bertz CT molecular complexity index is 587. The van der Waals surface area contributed by atoms with Gasteiger partial charge in [-0.3, -0.25) is 5.10 Å². The Kier molecular flexibility index (Phi) is 5.21. The smallest absolute Gasteiger partial charge is 0.360 e. The topological polar surface area (TPSA) is 89.1 Å². The number of aromatic nitrogens is 2. The molecule has 0 amide bonds. The van der Waals surface area contributed by atoms with Gasteiger partial charge in [-0.25, -0.2) is 13.2 Å². The Morgan fingerprint density at radius 2 is 2.00 bits per heavy atom. The van der Waals surface area contributed by atoms with E-state index in [4.69, 9.17) is 15.4 Å². The van der Waals surface area contributed by atoms with Crippen molar-refractivity contribution in [3.63, 3.8) is 0 Å². The molecule has 0 aliphatic rings. The number of aryl methyl sites for hydroxylation is 1. The van der Waals surface area contributed by atoms with E-state index in [1.165, 1.54) is 0 Å². The van der Waals surface area contributed by atoms with E-state index in [1.54, 1.807) is 6.92 Å². The quantitative estimate of drug-likeness (QED) is 0.664. The molecular formula is C12H19ClN2O4S. The van der Waals surface area contributed by atoms with Gasteiger partial charge in [0.2, 0.25) is 0 Å². The van der Waals surface area contributed by atoms with Gasteiger partial charge in [-0.2, -0.15) is 5.10 Å². The molecular weight excluding hydrogens is 304 g/mol. The van der Waals surface area contributed by atoms with Crippen molar-refractivity contribution >= 4 is 25.7 Å². The first kappa shape index (κ1) is 17.0. The maximum absolute atomic E-state index is 11.9. The van der Waals surface area contributed by atoms with Gasteiger partial charge >= 0.3 is 5.97 Å². The lowest BCUT2D eigenvalue weighted by Crippen LogP contribution is -2.15. The summed E-state index contributed by atoms with van der Waals surface area (Å²) in [6.07, 6.45) is 1.02. The molecule has 0 saturated carbocycles. The molecule has 0 atom stereocenters. The summed E-state index contributed by atoms with van der Waals surface area (Å²) in [7, 11) is 1.29. The Morgan fingerprint density at radius 3 is 2.45 bits per heavy atom. The summed E-state index contributed by atoms with van der Waals surface area (Å²) in [6.45, 7) is 7.96. The van der Waals surface area contributed by atoms with E-state index in [9.17, 15) is 13.2 Å². The van der Waals surface area contributed by atoms with Crippen molar-refractivity contribution in [3.05, 3.63) is 11.4 Å². The molecule has 1 aromatic heterocycles. The number of ether oxygens (including phenoxy) is 1. The third-order valence-electron chi connectivity index (χ3n) is 2.67. The monoisotopic (exact) mass is 322 g/mol. The largest absolute Gasteiger partial charge is 0.461 e. The Labute approximate surface area is 123 Å². The van der Waals surface area contributed by atoms with E-state index in [0.29, 0.717) is 18.5 Å². The second-order valence-corrected chi connectivity index (χ2v) is 8.12. The van der Waals surface area contributed by atoms with E-state index < -0.39 is 15.0 Å². The van der Waals surface area contributed by atoms with Gasteiger partial charge in [0, 0.05) is 10.7 Å². The van der Waals surface area contributed by atoms with Crippen molar-refractivity contribution in [3.8, 4) is 0 Å². The zero-order chi connectivity index (χ0) is 15.6. The van der Waals surface area contributed by atoms with Gasteiger partial charge in [0.25, 0.3) is 9.05 Å². The zero-order valence-electron chi connectivity index (χ0n) is 12.0. The highest BCUT2D eigenvalue weighted by Gasteiger charge is 2.29. The van der Waals surface area contributed by atoms with Crippen molar-refractivity contribution in [1.29, 1.82) is 0 Å². The third-order valence-corrected chi connectivity index (χ3v) is 4.06. The van der Waals surface area contributed by atoms with Crippen LogP contribution < -0.4 is 0 Å². The van der Waals surface area contributed by atoms with Crippen molar-refractivity contribution in [1.82, 2.24) is 10.2 Å². The minimum atomic E-state index is -4.05. The number of hydrogen-bond donors (Lipinski definition) is 1. The molecule has 8 heteroatoms. The maximum atomic E-state index is 11.9. The molecule has 0 radical (unpaired) electrons. The lowest BCUT2D eigenvalue weighted by atomic mass is 9.93. The molecule has 0 aliphatic carbocycles. The molecule has 20 heavy (non-hydrogen) atoms. The Hall–Kier alpha value is -1.08. The lowest BCUT2D eigenvalue weighted by molar-refractivity contribution is 0.0453. The minimum absolute atomic E-state index is 0.0157. The summed E-state index contributed by atoms with van der Waals surface area (Å²) >= 11 is 0. The van der Waals surface area contributed by atoms with Gasteiger partial charge in [-0.15, -0.1) is 0 Å². The number of nitrogens with zero attached hydrogens (tertiary/aromatic N) is 1. The molecule has 0 aliphatic heterocycles. The lowest BCUT2D eigenvalue weighted by Gasteiger charge is -2.17. The van der Waals surface area contributed by atoms with E-state index in [2.05, 4.69) is 10.2 Å². The summed E-state index contributed by atoms with van der Waals surface area (Å²) in [5, 5.41) is 6.21. The van der Waals surface area contributed by atoms with Crippen LogP contribution in [0.2, 0.25) is 0 Å². The van der Waals surface area contributed by atoms with E-state index in [-0.39, 0.29) is 22.6 Å². The number of H-pyrrole nitrogens is 1. The maximum Gasteiger partial charge on any atom is 0.360 e. The number of carbonyl (C=O) groups is 1. The fourth-order valence-electron chi connectivity index (χ4n) is 1.53. The van der Waals surface area contributed by atoms with E-state index in [0.717, 1.165) is 0 Å². The molecule has 1 N–H and O–H groups in total. The molecule has 1 heterocycles. The predicted molar refractivity (Wildman–Crippen MR) is 75.4 cm³/mol. The van der Waals surface area contributed by atoms with Gasteiger partial charge in [0.1, 0.15) is 4.90 Å². The number of carbonyl (C=O) groups excluding carboxylic acids is 1. The fourth-order valence-corrected chi connectivity index (χ4v) is 2.87. The molecule has 6 nitrogen and oxygen atoms in total. The number of esters is 1. The molecule has 0 bridgehead atoms. The van der Waals surface area contributed by atoms with Gasteiger partial charge in [-0.1, -0.05) is 27.7 Å². The van der Waals surface area contributed by atoms with Crippen LogP contribution in [0.15, 0.2) is 4.90 Å². The number of aromatic amines is 1. The first-order chi connectivity index (χ1) is 9.06. The summed E-state index contributed by atoms with van der Waals surface area (Å²) in [6, 6.07) is 0. The van der Waals surface area contributed by atoms with Crippen molar-refractivity contribution in [2.75, 3.05) is 6.61 Å². The minimum Gasteiger partial charge on any atom is -0.461 e. The van der Waals surface area contributed by atoms with Gasteiger partial charge < -0.3 is 4.74 Å². The van der Waals surface area contributed by atoms with Crippen LogP contribution in [0.4, 0.5) is 0 Å². The zero-order valence-corrected chi connectivity index (χ0v) is 13.6. The second-order valence-electron chi connectivity index (χ2n) is 5.62. The Balaban J connectivity index is 2.92. The second kappa shape index (κ2) is 6.13. The van der Waals surface area contributed by atoms with E-state index >= 15 is 0 Å². The van der Waals surface area contributed by atoms with Gasteiger partial charge in [0.05, 0.1) is 12.3 Å². The average Bonchev–Trinajstić information content (AvgIpc) is 2.70. The average molecular weight is 323 g/mol. The number of nitrogens with one attached hydrogen (secondary N) is 1.